The van der Waals surface area contributed by atoms with Crippen LogP contribution < -0.4 is 5.32 Å². The van der Waals surface area contributed by atoms with Crippen LogP contribution in [0.4, 0.5) is 27.6 Å². The van der Waals surface area contributed by atoms with Crippen molar-refractivity contribution in [2.24, 2.45) is 0 Å². The minimum absolute atomic E-state index is 0.262. The minimum atomic E-state index is -6.03. The Hall–Kier alpha value is -2.19. The number of anilines is 1. The lowest BCUT2D eigenvalue weighted by Gasteiger charge is -2.18. The average molecular weight is 297 g/mol. The number of rotatable bonds is 3. The summed E-state index contributed by atoms with van der Waals surface area (Å²) in [4.78, 5) is 21.7. The predicted molar refractivity (Wildman–Crippen MR) is 57.8 cm³/mol. The smallest absolute Gasteiger partial charge is 0.463 e. The molecule has 0 spiro atoms. The van der Waals surface area contributed by atoms with Gasteiger partial charge in [0.05, 0.1) is 5.56 Å². The van der Waals surface area contributed by atoms with E-state index in [0.717, 1.165) is 12.1 Å². The number of nitrogens with one attached hydrogen (secondary N) is 1. The second-order valence-corrected chi connectivity index (χ2v) is 3.86. The van der Waals surface area contributed by atoms with Crippen molar-refractivity contribution in [3.05, 3.63) is 29.3 Å². The number of benzene rings is 1. The van der Waals surface area contributed by atoms with Gasteiger partial charge in [-0.15, -0.1) is 0 Å². The summed E-state index contributed by atoms with van der Waals surface area (Å²) in [5.41, 5.74) is -0.530. The monoisotopic (exact) mass is 297 g/mol. The molecule has 2 N–H and O–H groups in total. The third kappa shape index (κ3) is 3.03. The fourth-order valence-electron chi connectivity index (χ4n) is 1.27. The number of carboxylic acid groups (broad SMARTS) is 1. The Balaban J connectivity index is 3.03. The van der Waals surface area contributed by atoms with Crippen molar-refractivity contribution in [1.29, 1.82) is 0 Å². The van der Waals surface area contributed by atoms with E-state index in [2.05, 4.69) is 0 Å². The van der Waals surface area contributed by atoms with E-state index in [0.29, 0.717) is 0 Å². The molecule has 1 amide bonds. The summed E-state index contributed by atoms with van der Waals surface area (Å²) in [5, 5.41) is 10.1. The molecule has 4 nitrogen and oxygen atoms in total. The molecule has 0 aliphatic carbocycles. The van der Waals surface area contributed by atoms with Gasteiger partial charge < -0.3 is 10.4 Å². The van der Waals surface area contributed by atoms with Crippen molar-refractivity contribution < 1.29 is 36.6 Å². The fourth-order valence-corrected chi connectivity index (χ4v) is 1.27. The van der Waals surface area contributed by atoms with E-state index < -0.39 is 29.7 Å². The average Bonchev–Trinajstić information content (AvgIpc) is 2.29. The highest BCUT2D eigenvalue weighted by atomic mass is 19.4. The zero-order valence-corrected chi connectivity index (χ0v) is 9.89. The largest absolute Gasteiger partial charge is 0.478 e. The number of carbonyl (C=O) groups is 2. The van der Waals surface area contributed by atoms with Gasteiger partial charge in [-0.05, 0) is 24.6 Å². The van der Waals surface area contributed by atoms with Gasteiger partial charge in [0, 0.05) is 5.69 Å². The Morgan fingerprint density at radius 3 is 2.15 bits per heavy atom. The topological polar surface area (TPSA) is 66.4 Å². The number of hydrogen-bond donors (Lipinski definition) is 2. The molecule has 110 valence electrons. The van der Waals surface area contributed by atoms with Crippen molar-refractivity contribution in [3.8, 4) is 0 Å². The summed E-state index contributed by atoms with van der Waals surface area (Å²) >= 11 is 0. The van der Waals surface area contributed by atoms with E-state index >= 15 is 0 Å². The highest BCUT2D eigenvalue weighted by Gasteiger charge is 2.63. The lowest BCUT2D eigenvalue weighted by Crippen LogP contribution is -2.47. The maximum Gasteiger partial charge on any atom is 0.463 e. The van der Waals surface area contributed by atoms with Gasteiger partial charge >= 0.3 is 24.0 Å². The van der Waals surface area contributed by atoms with Crippen LogP contribution in [-0.4, -0.2) is 29.1 Å². The molecule has 0 saturated carbocycles. The molecule has 0 aliphatic heterocycles. The number of aryl methyl sites for hydroxylation is 1. The van der Waals surface area contributed by atoms with Crippen LogP contribution in [0.1, 0.15) is 15.9 Å². The summed E-state index contributed by atoms with van der Waals surface area (Å²) in [6.07, 6.45) is -6.03. The van der Waals surface area contributed by atoms with E-state index in [1.807, 2.05) is 0 Å². The number of aromatic carboxylic acids is 1. The molecule has 0 aliphatic rings. The van der Waals surface area contributed by atoms with E-state index in [1.165, 1.54) is 18.3 Å². The Labute approximate surface area is 109 Å². The molecule has 1 aromatic carbocycles. The molecule has 0 atom stereocenters. The van der Waals surface area contributed by atoms with E-state index in [9.17, 15) is 31.5 Å². The summed E-state index contributed by atoms with van der Waals surface area (Å²) in [6.45, 7) is 1.40. The van der Waals surface area contributed by atoms with Gasteiger partial charge in [-0.3, -0.25) is 4.79 Å². The summed E-state index contributed by atoms with van der Waals surface area (Å²) in [7, 11) is 0. The summed E-state index contributed by atoms with van der Waals surface area (Å²) < 4.78 is 61.2. The molecular weight excluding hydrogens is 289 g/mol. The Morgan fingerprint density at radius 1 is 1.15 bits per heavy atom. The molecule has 0 fully saturated rings. The van der Waals surface area contributed by atoms with Crippen LogP contribution in [0.5, 0.6) is 0 Å². The van der Waals surface area contributed by atoms with Gasteiger partial charge in [0.1, 0.15) is 0 Å². The summed E-state index contributed by atoms with van der Waals surface area (Å²) in [5.74, 6) is -9.55. The van der Waals surface area contributed by atoms with Crippen LogP contribution in [0.2, 0.25) is 0 Å². The van der Waals surface area contributed by atoms with Gasteiger partial charge in [0.2, 0.25) is 0 Å². The van der Waals surface area contributed by atoms with Crippen LogP contribution >= 0.6 is 0 Å². The van der Waals surface area contributed by atoms with Gasteiger partial charge in [0.15, 0.2) is 0 Å². The van der Waals surface area contributed by atoms with Gasteiger partial charge in [-0.2, -0.15) is 22.0 Å². The number of alkyl halides is 5. The van der Waals surface area contributed by atoms with Crippen molar-refractivity contribution in [3.63, 3.8) is 0 Å². The molecule has 0 unspecified atom stereocenters. The second-order valence-electron chi connectivity index (χ2n) is 3.86. The van der Waals surface area contributed by atoms with Gasteiger partial charge in [-0.1, -0.05) is 6.07 Å². The third-order valence-corrected chi connectivity index (χ3v) is 2.37. The van der Waals surface area contributed by atoms with Crippen molar-refractivity contribution >= 4 is 17.6 Å². The van der Waals surface area contributed by atoms with Crippen LogP contribution in [0, 0.1) is 6.92 Å². The van der Waals surface area contributed by atoms with Gasteiger partial charge in [0.25, 0.3) is 0 Å². The Bertz CT molecular complexity index is 553. The number of carboxylic acids is 1. The van der Waals surface area contributed by atoms with E-state index in [4.69, 9.17) is 5.11 Å². The molecule has 20 heavy (non-hydrogen) atoms. The van der Waals surface area contributed by atoms with E-state index in [-0.39, 0.29) is 11.1 Å². The maximum absolute atomic E-state index is 12.7. The van der Waals surface area contributed by atoms with Gasteiger partial charge in [-0.25, -0.2) is 4.79 Å². The second kappa shape index (κ2) is 5.06. The Morgan fingerprint density at radius 2 is 1.70 bits per heavy atom. The minimum Gasteiger partial charge on any atom is -0.478 e. The molecule has 1 aromatic rings. The normalized spacial score (nSPS) is 12.1. The standard InChI is InChI=1S/C11H8F5NO3/c1-5-2-3-6(4-7(5)8(18)19)17-9(20)10(12,13)11(14,15)16/h2-4H,1H3,(H,17,20)(H,18,19). The first kappa shape index (κ1) is 15.9. The molecule has 0 heterocycles. The molecule has 1 rings (SSSR count). The van der Waals surface area contributed by atoms with E-state index in [1.54, 1.807) is 0 Å². The number of halogens is 5. The van der Waals surface area contributed by atoms with Crippen LogP contribution in [0.3, 0.4) is 0 Å². The van der Waals surface area contributed by atoms with Crippen molar-refractivity contribution in [1.82, 2.24) is 0 Å². The fraction of sp³-hybridized carbons (Fsp3) is 0.273. The Kier molecular flexibility index (Phi) is 4.02. The van der Waals surface area contributed by atoms with Crippen molar-refractivity contribution in [2.75, 3.05) is 5.32 Å². The molecule has 9 heteroatoms. The number of carbonyl (C=O) groups excluding carboxylic acids is 1. The summed E-state index contributed by atoms with van der Waals surface area (Å²) in [6, 6.07) is 2.99. The van der Waals surface area contributed by atoms with Crippen LogP contribution in [0.25, 0.3) is 0 Å². The quantitative estimate of drug-likeness (QED) is 0.843. The first-order valence-corrected chi connectivity index (χ1v) is 5.06. The highest BCUT2D eigenvalue weighted by molar-refractivity contribution is 5.98. The van der Waals surface area contributed by atoms with Crippen LogP contribution in [-0.2, 0) is 4.79 Å². The maximum atomic E-state index is 12.7. The lowest BCUT2D eigenvalue weighted by molar-refractivity contribution is -0.267. The predicted octanol–water partition coefficient (Wildman–Crippen LogP) is 2.83. The number of amides is 1. The van der Waals surface area contributed by atoms with Crippen molar-refractivity contribution in [2.45, 2.75) is 19.0 Å². The molecule has 0 aromatic heterocycles. The lowest BCUT2D eigenvalue weighted by atomic mass is 10.1. The third-order valence-electron chi connectivity index (χ3n) is 2.37. The number of hydrogen-bond acceptors (Lipinski definition) is 2. The SMILES string of the molecule is Cc1ccc(NC(=O)C(F)(F)C(F)(F)F)cc1C(=O)O. The molecular formula is C11H8F5NO3. The molecule has 0 saturated heterocycles. The zero-order chi connectivity index (χ0) is 15.7. The van der Waals surface area contributed by atoms with Crippen LogP contribution in [0.15, 0.2) is 18.2 Å². The highest BCUT2D eigenvalue weighted by Crippen LogP contribution is 2.36. The zero-order valence-electron chi connectivity index (χ0n) is 9.89. The molecule has 0 bridgehead atoms. The first-order valence-electron chi connectivity index (χ1n) is 5.06. The first-order chi connectivity index (χ1) is 8.96. The molecule has 0 radical (unpaired) electrons.